The molecule has 15 heavy (non-hydrogen) atoms. The number of hydrogen-bond donors (Lipinski definition) is 0. The summed E-state index contributed by atoms with van der Waals surface area (Å²) in [7, 11) is 0. The minimum absolute atomic E-state index is 0.217. The van der Waals surface area contributed by atoms with Crippen LogP contribution in [0.15, 0.2) is 29.8 Å². The number of benzene rings is 1. The average Bonchev–Trinajstić information content (AvgIpc) is 2.29. The van der Waals surface area contributed by atoms with Gasteiger partial charge in [-0.3, -0.25) is 0 Å². The maximum absolute atomic E-state index is 5.76. The Labute approximate surface area is 92.8 Å². The van der Waals surface area contributed by atoms with Crippen LogP contribution in [0.4, 0.5) is 0 Å². The van der Waals surface area contributed by atoms with Crippen molar-refractivity contribution in [3.05, 3.63) is 35.4 Å². The van der Waals surface area contributed by atoms with Crippen LogP contribution in [0.5, 0.6) is 5.75 Å². The predicted molar refractivity (Wildman–Crippen MR) is 66.1 cm³/mol. The first-order valence-electron chi connectivity index (χ1n) is 5.63. The van der Waals surface area contributed by atoms with Crippen molar-refractivity contribution in [2.45, 2.75) is 40.7 Å². The molecule has 0 saturated heterocycles. The van der Waals surface area contributed by atoms with E-state index >= 15 is 0 Å². The molecule has 0 fully saturated rings. The van der Waals surface area contributed by atoms with Gasteiger partial charge in [0, 0.05) is 5.56 Å². The van der Waals surface area contributed by atoms with Gasteiger partial charge in [0.05, 0.1) is 0 Å². The maximum Gasteiger partial charge on any atom is 0.127 e. The van der Waals surface area contributed by atoms with Crippen molar-refractivity contribution in [3.63, 3.8) is 0 Å². The Morgan fingerprint density at radius 2 is 1.67 bits per heavy atom. The Hall–Kier alpha value is -1.24. The van der Waals surface area contributed by atoms with Gasteiger partial charge in [0.15, 0.2) is 0 Å². The number of hydrogen-bond acceptors (Lipinski definition) is 1. The highest BCUT2D eigenvalue weighted by Gasteiger charge is 2.19. The topological polar surface area (TPSA) is 9.23 Å². The fourth-order valence-electron chi connectivity index (χ4n) is 1.68. The van der Waals surface area contributed by atoms with Crippen LogP contribution in [0, 0.1) is 0 Å². The average molecular weight is 204 g/mol. The van der Waals surface area contributed by atoms with E-state index < -0.39 is 0 Å². The summed E-state index contributed by atoms with van der Waals surface area (Å²) in [6, 6.07) is 8.20. The lowest BCUT2D eigenvalue weighted by atomic mass is 9.96. The zero-order valence-corrected chi connectivity index (χ0v) is 10.3. The van der Waals surface area contributed by atoms with E-state index in [0.29, 0.717) is 0 Å². The van der Waals surface area contributed by atoms with Gasteiger partial charge < -0.3 is 4.74 Å². The highest BCUT2D eigenvalue weighted by atomic mass is 16.5. The minimum Gasteiger partial charge on any atom is -0.486 e. The molecule has 1 aromatic carbocycles. The van der Waals surface area contributed by atoms with E-state index in [1.807, 2.05) is 26.0 Å². The molecular formula is C14H20O. The molecule has 1 nitrogen and oxygen atoms in total. The minimum atomic E-state index is 0.217. The van der Waals surface area contributed by atoms with Crippen LogP contribution in [0.1, 0.15) is 40.2 Å². The Balaban J connectivity index is 0.000000531. The number of para-hydroxylation sites is 1. The predicted octanol–water partition coefficient (Wildman–Crippen LogP) is 4.29. The second kappa shape index (κ2) is 5.01. The standard InChI is InChI=1S/C12H14O.C2H6/c1-8-9(2)11-6-4-5-7-12(11)13-10(8)3;1-2/h4-7,10H,1-3H3;1-2H3. The maximum atomic E-state index is 5.76. The quantitative estimate of drug-likeness (QED) is 0.612. The summed E-state index contributed by atoms with van der Waals surface area (Å²) in [5.41, 5.74) is 3.92. The molecule has 0 N–H and O–H groups in total. The Morgan fingerprint density at radius 3 is 2.33 bits per heavy atom. The molecule has 2 rings (SSSR count). The lowest BCUT2D eigenvalue weighted by Crippen LogP contribution is -2.18. The van der Waals surface area contributed by atoms with E-state index in [-0.39, 0.29) is 6.10 Å². The van der Waals surface area contributed by atoms with Crippen LogP contribution in [0.3, 0.4) is 0 Å². The molecule has 1 atom stereocenters. The van der Waals surface area contributed by atoms with Gasteiger partial charge in [-0.25, -0.2) is 0 Å². The van der Waals surface area contributed by atoms with Crippen molar-refractivity contribution in [3.8, 4) is 5.75 Å². The van der Waals surface area contributed by atoms with Crippen LogP contribution >= 0.6 is 0 Å². The third kappa shape index (κ3) is 2.23. The summed E-state index contributed by atoms with van der Waals surface area (Å²) >= 11 is 0. The molecule has 0 aromatic heterocycles. The number of ether oxygens (including phenoxy) is 1. The van der Waals surface area contributed by atoms with Gasteiger partial charge in [-0.15, -0.1) is 0 Å². The first-order valence-corrected chi connectivity index (χ1v) is 5.63. The largest absolute Gasteiger partial charge is 0.486 e. The third-order valence-corrected chi connectivity index (χ3v) is 2.80. The molecule has 0 radical (unpaired) electrons. The Morgan fingerprint density at radius 1 is 1.07 bits per heavy atom. The van der Waals surface area contributed by atoms with Crippen LogP contribution in [-0.2, 0) is 0 Å². The lowest BCUT2D eigenvalue weighted by Gasteiger charge is -2.25. The summed E-state index contributed by atoms with van der Waals surface area (Å²) in [6.07, 6.45) is 0.217. The van der Waals surface area contributed by atoms with Gasteiger partial charge in [-0.05, 0) is 38.0 Å². The van der Waals surface area contributed by atoms with Crippen LogP contribution < -0.4 is 4.74 Å². The SMILES string of the molecule is CC.CC1=C(C)C(C)Oc2ccccc21. The number of allylic oxidation sites excluding steroid dienone is 1. The molecule has 0 saturated carbocycles. The second-order valence-corrected chi connectivity index (χ2v) is 3.56. The summed E-state index contributed by atoms with van der Waals surface area (Å²) in [5.74, 6) is 1.01. The fraction of sp³-hybridized carbons (Fsp3) is 0.429. The summed E-state index contributed by atoms with van der Waals surface area (Å²) in [5, 5.41) is 0. The summed E-state index contributed by atoms with van der Waals surface area (Å²) < 4.78 is 5.76. The van der Waals surface area contributed by atoms with Gasteiger partial charge >= 0.3 is 0 Å². The van der Waals surface area contributed by atoms with Gasteiger partial charge in [-0.2, -0.15) is 0 Å². The van der Waals surface area contributed by atoms with Gasteiger partial charge in [-0.1, -0.05) is 32.0 Å². The normalized spacial score (nSPS) is 18.6. The Bertz CT molecular complexity index is 363. The first kappa shape index (κ1) is 11.8. The van der Waals surface area contributed by atoms with Crippen molar-refractivity contribution in [2.24, 2.45) is 0 Å². The zero-order valence-electron chi connectivity index (χ0n) is 10.3. The van der Waals surface area contributed by atoms with Crippen molar-refractivity contribution in [1.82, 2.24) is 0 Å². The van der Waals surface area contributed by atoms with E-state index in [2.05, 4.69) is 32.9 Å². The molecular weight excluding hydrogens is 184 g/mol. The molecule has 1 unspecified atom stereocenters. The number of rotatable bonds is 0. The van der Waals surface area contributed by atoms with E-state index in [0.717, 1.165) is 5.75 Å². The van der Waals surface area contributed by atoms with Gasteiger partial charge in [0.2, 0.25) is 0 Å². The molecule has 82 valence electrons. The van der Waals surface area contributed by atoms with Crippen molar-refractivity contribution >= 4 is 5.57 Å². The second-order valence-electron chi connectivity index (χ2n) is 3.56. The van der Waals surface area contributed by atoms with Crippen LogP contribution in [-0.4, -0.2) is 6.10 Å². The highest BCUT2D eigenvalue weighted by molar-refractivity contribution is 5.73. The van der Waals surface area contributed by atoms with E-state index in [1.165, 1.54) is 16.7 Å². The molecule has 0 spiro atoms. The van der Waals surface area contributed by atoms with E-state index in [9.17, 15) is 0 Å². The molecule has 0 aliphatic carbocycles. The van der Waals surface area contributed by atoms with Crippen molar-refractivity contribution in [1.29, 1.82) is 0 Å². The fourth-order valence-corrected chi connectivity index (χ4v) is 1.68. The third-order valence-electron chi connectivity index (χ3n) is 2.80. The van der Waals surface area contributed by atoms with Gasteiger partial charge in [0.1, 0.15) is 11.9 Å². The molecule has 1 aliphatic rings. The van der Waals surface area contributed by atoms with E-state index in [4.69, 9.17) is 4.74 Å². The van der Waals surface area contributed by atoms with Crippen LogP contribution in [0.2, 0.25) is 0 Å². The number of fused-ring (bicyclic) bond motifs is 1. The smallest absolute Gasteiger partial charge is 0.127 e. The molecule has 1 aromatic rings. The van der Waals surface area contributed by atoms with Crippen LogP contribution in [0.25, 0.3) is 5.57 Å². The molecule has 1 heteroatoms. The van der Waals surface area contributed by atoms with E-state index in [1.54, 1.807) is 0 Å². The van der Waals surface area contributed by atoms with Crippen molar-refractivity contribution < 1.29 is 4.74 Å². The monoisotopic (exact) mass is 204 g/mol. The summed E-state index contributed by atoms with van der Waals surface area (Å²) in [6.45, 7) is 10.4. The Kier molecular flexibility index (Phi) is 3.96. The first-order chi connectivity index (χ1) is 7.20. The van der Waals surface area contributed by atoms with Gasteiger partial charge in [0.25, 0.3) is 0 Å². The highest BCUT2D eigenvalue weighted by Crippen LogP contribution is 2.34. The molecule has 1 aliphatic heterocycles. The van der Waals surface area contributed by atoms with Crippen molar-refractivity contribution in [2.75, 3.05) is 0 Å². The molecule has 1 heterocycles. The molecule has 0 amide bonds. The lowest BCUT2D eigenvalue weighted by molar-refractivity contribution is 0.252. The summed E-state index contributed by atoms with van der Waals surface area (Å²) in [4.78, 5) is 0. The zero-order chi connectivity index (χ0) is 11.4. The molecule has 0 bridgehead atoms.